The van der Waals surface area contributed by atoms with Crippen molar-refractivity contribution >= 4 is 0 Å². The van der Waals surface area contributed by atoms with E-state index in [4.69, 9.17) is 9.47 Å². The first-order valence-electron chi connectivity index (χ1n) is 10.9. The lowest BCUT2D eigenvalue weighted by molar-refractivity contribution is -0.0561. The highest BCUT2D eigenvalue weighted by Crippen LogP contribution is 2.20. The van der Waals surface area contributed by atoms with Crippen molar-refractivity contribution in [3.05, 3.63) is 0 Å². The Morgan fingerprint density at radius 2 is 1.24 bits per heavy atom. The summed E-state index contributed by atoms with van der Waals surface area (Å²) >= 11 is 0. The largest absolute Gasteiger partial charge is 0.393 e. The molecule has 0 aliphatic rings. The van der Waals surface area contributed by atoms with Gasteiger partial charge in [-0.2, -0.15) is 0 Å². The molecule has 0 saturated carbocycles. The molecule has 0 aromatic carbocycles. The fraction of sp³-hybridized carbons (Fsp3) is 1.00. The highest BCUT2D eigenvalue weighted by molar-refractivity contribution is 4.62. The van der Waals surface area contributed by atoms with E-state index in [0.29, 0.717) is 18.6 Å². The van der Waals surface area contributed by atoms with Crippen LogP contribution in [0.2, 0.25) is 0 Å². The molecule has 1 N–H and O–H groups in total. The molecule has 3 atom stereocenters. The van der Waals surface area contributed by atoms with Crippen LogP contribution in [0.3, 0.4) is 0 Å². The third-order valence-corrected chi connectivity index (χ3v) is 4.84. The summed E-state index contributed by atoms with van der Waals surface area (Å²) in [4.78, 5) is 0. The molecule has 0 aromatic heterocycles. The lowest BCUT2D eigenvalue weighted by Crippen LogP contribution is -2.11. The smallest absolute Gasteiger partial charge is 0.146 e. The second-order valence-corrected chi connectivity index (χ2v) is 8.08. The van der Waals surface area contributed by atoms with Crippen molar-refractivity contribution in [1.29, 1.82) is 0 Å². The predicted octanol–water partition coefficient (Wildman–Crippen LogP) is 6.33. The second-order valence-electron chi connectivity index (χ2n) is 8.08. The maximum Gasteiger partial charge on any atom is 0.146 e. The van der Waals surface area contributed by atoms with Crippen molar-refractivity contribution in [1.82, 2.24) is 0 Å². The Morgan fingerprint density at radius 3 is 1.84 bits per heavy atom. The third kappa shape index (κ3) is 20.0. The van der Waals surface area contributed by atoms with Crippen molar-refractivity contribution in [2.45, 2.75) is 111 Å². The summed E-state index contributed by atoms with van der Waals surface area (Å²) < 4.78 is 11.1. The predicted molar refractivity (Wildman–Crippen MR) is 108 cm³/mol. The summed E-state index contributed by atoms with van der Waals surface area (Å²) in [6.45, 7) is 10.8. The van der Waals surface area contributed by atoms with Gasteiger partial charge in [-0.3, -0.25) is 0 Å². The number of hydrogen-bond acceptors (Lipinski definition) is 3. The molecule has 0 spiro atoms. The Hall–Kier alpha value is -0.120. The standard InChI is InChI=1S/C22H46O3/c1-5-6-7-8-9-10-11-12-15-24-19-25-16-13-14-20(2)17-21(3)18-22(4)23/h20-23H,5-19H2,1-4H3. The van der Waals surface area contributed by atoms with Crippen molar-refractivity contribution in [3.8, 4) is 0 Å². The van der Waals surface area contributed by atoms with E-state index in [9.17, 15) is 5.11 Å². The zero-order chi connectivity index (χ0) is 18.8. The fourth-order valence-electron chi connectivity index (χ4n) is 3.53. The van der Waals surface area contributed by atoms with Gasteiger partial charge in [-0.15, -0.1) is 0 Å². The molecule has 3 nitrogen and oxygen atoms in total. The van der Waals surface area contributed by atoms with Crippen molar-refractivity contribution in [3.63, 3.8) is 0 Å². The van der Waals surface area contributed by atoms with Crippen LogP contribution in [0.1, 0.15) is 105 Å². The average molecular weight is 359 g/mol. The van der Waals surface area contributed by atoms with E-state index in [1.165, 1.54) is 57.8 Å². The van der Waals surface area contributed by atoms with Crippen LogP contribution in [0.5, 0.6) is 0 Å². The van der Waals surface area contributed by atoms with Gasteiger partial charge in [0.05, 0.1) is 6.10 Å². The molecule has 0 aliphatic heterocycles. The molecule has 0 aromatic rings. The maximum atomic E-state index is 9.41. The number of aliphatic hydroxyl groups is 1. The minimum absolute atomic E-state index is 0.177. The zero-order valence-electron chi connectivity index (χ0n) is 17.6. The van der Waals surface area contributed by atoms with E-state index in [1.54, 1.807) is 0 Å². The lowest BCUT2D eigenvalue weighted by atomic mass is 9.90. The van der Waals surface area contributed by atoms with Crippen LogP contribution in [0.15, 0.2) is 0 Å². The van der Waals surface area contributed by atoms with Crippen LogP contribution in [0, 0.1) is 11.8 Å². The molecular weight excluding hydrogens is 312 g/mol. The Kier molecular flexibility index (Phi) is 18.6. The second kappa shape index (κ2) is 18.7. The molecule has 0 bridgehead atoms. The van der Waals surface area contributed by atoms with E-state index in [0.717, 1.165) is 32.5 Å². The first-order valence-corrected chi connectivity index (χ1v) is 10.9. The maximum absolute atomic E-state index is 9.41. The van der Waals surface area contributed by atoms with E-state index in [2.05, 4.69) is 20.8 Å². The van der Waals surface area contributed by atoms with Gasteiger partial charge in [0.2, 0.25) is 0 Å². The topological polar surface area (TPSA) is 38.7 Å². The van der Waals surface area contributed by atoms with Crippen LogP contribution in [-0.4, -0.2) is 31.2 Å². The van der Waals surface area contributed by atoms with Gasteiger partial charge in [-0.05, 0) is 50.9 Å². The van der Waals surface area contributed by atoms with Crippen molar-refractivity contribution in [2.75, 3.05) is 20.0 Å². The molecular formula is C22H46O3. The highest BCUT2D eigenvalue weighted by atomic mass is 16.7. The molecule has 152 valence electrons. The molecule has 3 unspecified atom stereocenters. The summed E-state index contributed by atoms with van der Waals surface area (Å²) in [5.41, 5.74) is 0. The van der Waals surface area contributed by atoms with Crippen LogP contribution in [0.4, 0.5) is 0 Å². The van der Waals surface area contributed by atoms with Crippen LogP contribution >= 0.6 is 0 Å². The normalized spacial score (nSPS) is 15.2. The molecule has 0 radical (unpaired) electrons. The number of hydrogen-bond donors (Lipinski definition) is 1. The summed E-state index contributed by atoms with van der Waals surface area (Å²) in [6.07, 6.45) is 14.9. The molecule has 0 fully saturated rings. The first-order chi connectivity index (χ1) is 12.1. The Labute approximate surface area is 157 Å². The van der Waals surface area contributed by atoms with Gasteiger partial charge in [-0.25, -0.2) is 0 Å². The minimum atomic E-state index is -0.177. The van der Waals surface area contributed by atoms with Gasteiger partial charge >= 0.3 is 0 Å². The average Bonchev–Trinajstić information content (AvgIpc) is 2.54. The molecule has 0 rings (SSSR count). The molecule has 0 heterocycles. The lowest BCUT2D eigenvalue weighted by Gasteiger charge is -2.18. The summed E-state index contributed by atoms with van der Waals surface area (Å²) in [5, 5.41) is 9.41. The number of rotatable bonds is 19. The third-order valence-electron chi connectivity index (χ3n) is 4.84. The SMILES string of the molecule is CCCCCCCCCCOCOCCCC(C)CC(C)CC(C)O. The quantitative estimate of drug-likeness (QED) is 0.216. The van der Waals surface area contributed by atoms with Gasteiger partial charge in [-0.1, -0.05) is 65.7 Å². The number of aliphatic hydroxyl groups excluding tert-OH is 1. The van der Waals surface area contributed by atoms with Gasteiger partial charge in [0.1, 0.15) is 6.79 Å². The monoisotopic (exact) mass is 358 g/mol. The molecule has 0 amide bonds. The number of unbranched alkanes of at least 4 members (excludes halogenated alkanes) is 7. The van der Waals surface area contributed by atoms with Crippen LogP contribution < -0.4 is 0 Å². The van der Waals surface area contributed by atoms with Crippen molar-refractivity contribution in [2.24, 2.45) is 11.8 Å². The summed E-state index contributed by atoms with van der Waals surface area (Å²) in [7, 11) is 0. The molecule has 25 heavy (non-hydrogen) atoms. The van der Waals surface area contributed by atoms with Gasteiger partial charge in [0, 0.05) is 13.2 Å². The van der Waals surface area contributed by atoms with E-state index < -0.39 is 0 Å². The zero-order valence-corrected chi connectivity index (χ0v) is 17.6. The van der Waals surface area contributed by atoms with Gasteiger partial charge in [0.15, 0.2) is 0 Å². The summed E-state index contributed by atoms with van der Waals surface area (Å²) in [5.74, 6) is 1.31. The van der Waals surface area contributed by atoms with Gasteiger partial charge in [0.25, 0.3) is 0 Å². The van der Waals surface area contributed by atoms with E-state index in [-0.39, 0.29) is 6.10 Å². The van der Waals surface area contributed by atoms with E-state index in [1.807, 2.05) is 6.92 Å². The Bertz CT molecular complexity index is 256. The fourth-order valence-corrected chi connectivity index (χ4v) is 3.53. The van der Waals surface area contributed by atoms with Crippen LogP contribution in [-0.2, 0) is 9.47 Å². The highest BCUT2D eigenvalue weighted by Gasteiger charge is 2.10. The van der Waals surface area contributed by atoms with Crippen LogP contribution in [0.25, 0.3) is 0 Å². The Morgan fingerprint density at radius 1 is 0.680 bits per heavy atom. The first kappa shape index (κ1) is 24.9. The molecule has 3 heteroatoms. The number of ether oxygens (including phenoxy) is 2. The van der Waals surface area contributed by atoms with E-state index >= 15 is 0 Å². The van der Waals surface area contributed by atoms with Gasteiger partial charge < -0.3 is 14.6 Å². The molecule has 0 saturated heterocycles. The minimum Gasteiger partial charge on any atom is -0.393 e. The molecule has 0 aliphatic carbocycles. The van der Waals surface area contributed by atoms with Crippen molar-refractivity contribution < 1.29 is 14.6 Å². The summed E-state index contributed by atoms with van der Waals surface area (Å²) in [6, 6.07) is 0. The Balaban J connectivity index is 3.20.